The molecule has 0 saturated carbocycles. The fraction of sp³-hybridized carbons (Fsp3) is 0.286. The highest BCUT2D eigenvalue weighted by Crippen LogP contribution is 2.44. The molecule has 0 fully saturated rings. The molecule has 14 heteroatoms. The topological polar surface area (TPSA) is 121 Å². The zero-order chi connectivity index (χ0) is 25.7. The quantitative estimate of drug-likeness (QED) is 0.377. The van der Waals surface area contributed by atoms with Crippen LogP contribution < -0.4 is 11.1 Å². The maximum absolute atomic E-state index is 13.7. The van der Waals surface area contributed by atoms with E-state index in [0.29, 0.717) is 35.7 Å². The fourth-order valence-electron chi connectivity index (χ4n) is 3.78. The Morgan fingerprint density at radius 3 is 2.37 bits per heavy atom. The molecule has 4 aromatic heterocycles. The van der Waals surface area contributed by atoms with Crippen LogP contribution in [0.5, 0.6) is 0 Å². The predicted octanol–water partition coefficient (Wildman–Crippen LogP) is 4.73. The lowest BCUT2D eigenvalue weighted by atomic mass is 10.0. The van der Waals surface area contributed by atoms with E-state index in [2.05, 4.69) is 20.5 Å². The molecule has 4 heterocycles. The van der Waals surface area contributed by atoms with Crippen LogP contribution >= 0.6 is 22.9 Å². The van der Waals surface area contributed by atoms with Crippen LogP contribution in [0.4, 0.5) is 18.9 Å². The number of primary amides is 1. The molecule has 4 aromatic rings. The molecular weight excluding hydrogens is 507 g/mol. The summed E-state index contributed by atoms with van der Waals surface area (Å²) < 4.78 is 44.1. The maximum Gasteiger partial charge on any atom is 0.433 e. The third-order valence-corrected chi connectivity index (χ3v) is 6.79. The van der Waals surface area contributed by atoms with Gasteiger partial charge in [0.15, 0.2) is 0 Å². The van der Waals surface area contributed by atoms with E-state index in [1.54, 1.807) is 18.5 Å². The molecule has 3 N–H and O–H groups in total. The molecule has 0 spiro atoms. The van der Waals surface area contributed by atoms with Crippen LogP contribution in [0, 0.1) is 6.92 Å². The third kappa shape index (κ3) is 4.25. The normalized spacial score (nSPS) is 11.9. The van der Waals surface area contributed by atoms with Crippen LogP contribution in [0.3, 0.4) is 0 Å². The highest BCUT2D eigenvalue weighted by atomic mass is 35.5. The number of nitrogens with two attached hydrogens (primary N) is 1. The lowest BCUT2D eigenvalue weighted by Crippen LogP contribution is -2.20. The second-order valence-corrected chi connectivity index (χ2v) is 8.88. The highest BCUT2D eigenvalue weighted by molar-refractivity contribution is 7.21. The van der Waals surface area contributed by atoms with Gasteiger partial charge in [-0.25, -0.2) is 4.98 Å². The zero-order valence-corrected chi connectivity index (χ0v) is 20.3. The van der Waals surface area contributed by atoms with Gasteiger partial charge in [0.1, 0.15) is 21.1 Å². The summed E-state index contributed by atoms with van der Waals surface area (Å²) in [5.41, 5.74) is 5.47. The molecule has 0 bridgehead atoms. The number of pyridine rings is 1. The van der Waals surface area contributed by atoms with Crippen LogP contribution in [0.15, 0.2) is 18.5 Å². The lowest BCUT2D eigenvalue weighted by Gasteiger charge is -2.13. The molecule has 4 rings (SSSR count). The summed E-state index contributed by atoms with van der Waals surface area (Å²) in [5, 5.41) is 11.1. The van der Waals surface area contributed by atoms with Gasteiger partial charge in [-0.3, -0.25) is 19.0 Å². The maximum atomic E-state index is 13.7. The Bertz CT molecular complexity index is 1470. The Labute approximate surface area is 205 Å². The first-order valence-electron chi connectivity index (χ1n) is 10.4. The van der Waals surface area contributed by atoms with E-state index in [4.69, 9.17) is 17.3 Å². The molecule has 0 radical (unpaired) electrons. The van der Waals surface area contributed by atoms with E-state index < -0.39 is 23.7 Å². The minimum atomic E-state index is -4.75. The average molecular weight is 526 g/mol. The number of hydrogen-bond donors (Lipinski definition) is 2. The molecule has 35 heavy (non-hydrogen) atoms. The number of amides is 2. The van der Waals surface area contributed by atoms with Crippen molar-refractivity contribution >= 4 is 50.7 Å². The summed E-state index contributed by atoms with van der Waals surface area (Å²) in [7, 11) is 0. The van der Waals surface area contributed by atoms with Gasteiger partial charge in [0, 0.05) is 29.7 Å². The van der Waals surface area contributed by atoms with Crippen LogP contribution in [-0.2, 0) is 19.3 Å². The number of aromatic nitrogens is 5. The molecule has 0 aliphatic carbocycles. The number of nitrogens with zero attached hydrogens (tertiary/aromatic N) is 5. The van der Waals surface area contributed by atoms with E-state index in [9.17, 15) is 22.8 Å². The number of aryl methyl sites for hydroxylation is 2. The largest absolute Gasteiger partial charge is 0.433 e. The number of fused-ring (bicyclic) bond motifs is 1. The van der Waals surface area contributed by atoms with Gasteiger partial charge in [0.25, 0.3) is 11.8 Å². The van der Waals surface area contributed by atoms with Crippen LogP contribution in [0.2, 0.25) is 5.02 Å². The summed E-state index contributed by atoms with van der Waals surface area (Å²) in [5.74, 6) is -1.64. The van der Waals surface area contributed by atoms with E-state index in [1.165, 1.54) is 17.1 Å². The van der Waals surface area contributed by atoms with Crippen molar-refractivity contribution in [1.82, 2.24) is 24.5 Å². The van der Waals surface area contributed by atoms with Crippen molar-refractivity contribution in [1.29, 1.82) is 0 Å². The highest BCUT2D eigenvalue weighted by Gasteiger charge is 2.35. The Hall–Kier alpha value is -3.45. The Morgan fingerprint density at radius 1 is 1.14 bits per heavy atom. The number of hydrogen-bond acceptors (Lipinski definition) is 6. The van der Waals surface area contributed by atoms with E-state index in [-0.39, 0.29) is 37.1 Å². The van der Waals surface area contributed by atoms with Gasteiger partial charge in [-0.15, -0.1) is 11.3 Å². The van der Waals surface area contributed by atoms with Crippen molar-refractivity contribution in [2.75, 3.05) is 5.32 Å². The molecule has 0 atom stereocenters. The summed E-state index contributed by atoms with van der Waals surface area (Å²) in [6, 6.07) is 0.878. The molecule has 9 nitrogen and oxygen atoms in total. The lowest BCUT2D eigenvalue weighted by molar-refractivity contribution is -0.140. The van der Waals surface area contributed by atoms with E-state index in [0.717, 1.165) is 6.07 Å². The number of carbonyl (C=O) groups excluding carboxylic acids is 2. The standard InChI is InChI=1S/C21H19ClF3N7O2S/c1-4-31-9(3)11(7-27-31)10-6-13(21(23,24)25)29-20-14(10)15(17(35-20)18(26)33)30-19(34)16-12(22)8-28-32(16)5-2/h6-8H,4-5H2,1-3H3,(H2,26,33)(H,30,34). The van der Waals surface area contributed by atoms with Gasteiger partial charge in [-0.05, 0) is 32.4 Å². The SMILES string of the molecule is CCn1ncc(-c2cc(C(F)(F)F)nc3sc(C(N)=O)c(NC(=O)c4c(Cl)cnn4CC)c23)c1C. The second kappa shape index (κ2) is 8.96. The van der Waals surface area contributed by atoms with Crippen molar-refractivity contribution in [3.05, 3.63) is 45.4 Å². The molecular formula is C21H19ClF3N7O2S. The van der Waals surface area contributed by atoms with Crippen LogP contribution in [-0.4, -0.2) is 36.4 Å². The summed E-state index contributed by atoms with van der Waals surface area (Å²) >= 11 is 6.80. The predicted molar refractivity (Wildman–Crippen MR) is 126 cm³/mol. The minimum absolute atomic E-state index is 0.0281. The summed E-state index contributed by atoms with van der Waals surface area (Å²) in [6.45, 7) is 6.13. The van der Waals surface area contributed by atoms with E-state index >= 15 is 0 Å². The summed E-state index contributed by atoms with van der Waals surface area (Å²) in [4.78, 5) is 28.9. The zero-order valence-electron chi connectivity index (χ0n) is 18.7. The number of halogens is 4. The molecule has 0 aliphatic heterocycles. The first-order chi connectivity index (χ1) is 16.5. The monoisotopic (exact) mass is 525 g/mol. The number of nitrogens with one attached hydrogen (secondary N) is 1. The van der Waals surface area contributed by atoms with Crippen molar-refractivity contribution in [3.8, 4) is 11.1 Å². The Morgan fingerprint density at radius 2 is 1.80 bits per heavy atom. The molecule has 0 aliphatic rings. The van der Waals surface area contributed by atoms with Crippen LogP contribution in [0.1, 0.15) is 45.4 Å². The number of rotatable bonds is 6. The first-order valence-corrected chi connectivity index (χ1v) is 11.6. The molecule has 0 unspecified atom stereocenters. The number of alkyl halides is 3. The number of thiophene rings is 1. The number of carbonyl (C=O) groups is 2. The van der Waals surface area contributed by atoms with Crippen molar-refractivity contribution in [3.63, 3.8) is 0 Å². The first kappa shape index (κ1) is 24.7. The van der Waals surface area contributed by atoms with Crippen molar-refractivity contribution in [2.24, 2.45) is 5.73 Å². The Balaban J connectivity index is 2.02. The van der Waals surface area contributed by atoms with Crippen LogP contribution in [0.25, 0.3) is 21.3 Å². The smallest absolute Gasteiger partial charge is 0.365 e. The molecule has 0 saturated heterocycles. The number of anilines is 1. The van der Waals surface area contributed by atoms with Crippen molar-refractivity contribution in [2.45, 2.75) is 40.0 Å². The third-order valence-electron chi connectivity index (χ3n) is 5.42. The van der Waals surface area contributed by atoms with Gasteiger partial charge < -0.3 is 11.1 Å². The second-order valence-electron chi connectivity index (χ2n) is 7.47. The van der Waals surface area contributed by atoms with Crippen molar-refractivity contribution < 1.29 is 22.8 Å². The van der Waals surface area contributed by atoms with Gasteiger partial charge in [0.2, 0.25) is 0 Å². The molecule has 0 aromatic carbocycles. The van der Waals surface area contributed by atoms with E-state index in [1.807, 2.05) is 6.92 Å². The van der Waals surface area contributed by atoms with Gasteiger partial charge in [0.05, 0.1) is 23.1 Å². The molecule has 184 valence electrons. The summed E-state index contributed by atoms with van der Waals surface area (Å²) in [6.07, 6.45) is -2.02. The van der Waals surface area contributed by atoms with Gasteiger partial charge in [-0.2, -0.15) is 23.4 Å². The average Bonchev–Trinajstić information content (AvgIpc) is 3.47. The van der Waals surface area contributed by atoms with Gasteiger partial charge >= 0.3 is 6.18 Å². The molecule has 2 amide bonds. The van der Waals surface area contributed by atoms with Gasteiger partial charge in [-0.1, -0.05) is 11.6 Å². The fourth-order valence-corrected chi connectivity index (χ4v) is 5.01. The minimum Gasteiger partial charge on any atom is -0.365 e. The Kier molecular flexibility index (Phi) is 6.32.